The van der Waals surface area contributed by atoms with E-state index in [1.807, 2.05) is 0 Å². The van der Waals surface area contributed by atoms with Gasteiger partial charge in [-0.05, 0) is 24.6 Å². The van der Waals surface area contributed by atoms with Gasteiger partial charge in [0.05, 0.1) is 11.3 Å². The number of nitrogens with zero attached hydrogens (tertiary/aromatic N) is 1. The first-order valence-corrected chi connectivity index (χ1v) is 4.84. The molecule has 0 aliphatic carbocycles. The van der Waals surface area contributed by atoms with Crippen LogP contribution in [0.15, 0.2) is 42.5 Å². The van der Waals surface area contributed by atoms with Gasteiger partial charge in [0.15, 0.2) is 0 Å². The molecule has 94 valence electrons. The molecule has 17 heavy (non-hydrogen) atoms. The lowest BCUT2D eigenvalue weighted by Gasteiger charge is -2.08. The molecular formula is C12H15F3N2. The second-order valence-electron chi connectivity index (χ2n) is 3.00. The maximum absolute atomic E-state index is 12.4. The van der Waals surface area contributed by atoms with Crippen LogP contribution in [0.4, 0.5) is 13.2 Å². The zero-order valence-electron chi connectivity index (χ0n) is 9.80. The lowest BCUT2D eigenvalue weighted by Crippen LogP contribution is -2.08. The van der Waals surface area contributed by atoms with E-state index in [1.54, 1.807) is 20.0 Å². The maximum atomic E-state index is 12.4. The monoisotopic (exact) mass is 244 g/mol. The van der Waals surface area contributed by atoms with Crippen molar-refractivity contribution in [1.82, 2.24) is 5.43 Å². The minimum absolute atomic E-state index is 0.458. The number of hydrazone groups is 1. The summed E-state index contributed by atoms with van der Waals surface area (Å²) in [7, 11) is 1.59. The summed E-state index contributed by atoms with van der Waals surface area (Å²) >= 11 is 0. The quantitative estimate of drug-likeness (QED) is 0.481. The van der Waals surface area contributed by atoms with Crippen LogP contribution in [0.25, 0.3) is 0 Å². The number of alkyl halides is 3. The predicted octanol–water partition coefficient (Wildman–Crippen LogP) is 3.45. The van der Waals surface area contributed by atoms with Gasteiger partial charge in [0.1, 0.15) is 0 Å². The van der Waals surface area contributed by atoms with Gasteiger partial charge in [0.2, 0.25) is 0 Å². The minimum atomic E-state index is -4.31. The molecule has 1 aromatic rings. The molecule has 0 heterocycles. The van der Waals surface area contributed by atoms with E-state index in [0.29, 0.717) is 11.3 Å². The zero-order valence-corrected chi connectivity index (χ0v) is 9.80. The lowest BCUT2D eigenvalue weighted by molar-refractivity contribution is -0.137. The molecule has 0 saturated heterocycles. The summed E-state index contributed by atoms with van der Waals surface area (Å²) in [5.41, 5.74) is 2.84. The first-order chi connectivity index (χ1) is 7.95. The Hall–Kier alpha value is -1.78. The molecule has 2 nitrogen and oxygen atoms in total. The van der Waals surface area contributed by atoms with Gasteiger partial charge in [-0.15, -0.1) is 13.2 Å². The Morgan fingerprint density at radius 2 is 1.88 bits per heavy atom. The molecule has 0 unspecified atom stereocenters. The number of hydrogen-bond acceptors (Lipinski definition) is 2. The highest BCUT2D eigenvalue weighted by Gasteiger charge is 2.30. The highest BCUT2D eigenvalue weighted by molar-refractivity contribution is 5.98. The summed E-state index contributed by atoms with van der Waals surface area (Å²) in [5.74, 6) is 0. The molecule has 0 aromatic heterocycles. The normalized spacial score (nSPS) is 11.5. The van der Waals surface area contributed by atoms with E-state index in [1.165, 1.54) is 6.07 Å². The van der Waals surface area contributed by atoms with Crippen molar-refractivity contribution in [2.45, 2.75) is 13.1 Å². The van der Waals surface area contributed by atoms with Crippen LogP contribution in [0.5, 0.6) is 0 Å². The van der Waals surface area contributed by atoms with Crippen LogP contribution >= 0.6 is 0 Å². The van der Waals surface area contributed by atoms with E-state index < -0.39 is 11.7 Å². The van der Waals surface area contributed by atoms with Crippen molar-refractivity contribution in [3.05, 3.63) is 48.6 Å². The van der Waals surface area contributed by atoms with Crippen molar-refractivity contribution >= 4 is 5.71 Å². The van der Waals surface area contributed by atoms with Crippen LogP contribution < -0.4 is 5.43 Å². The number of hydrogen-bond donors (Lipinski definition) is 1. The molecule has 1 aromatic carbocycles. The summed E-state index contributed by atoms with van der Waals surface area (Å²) in [5, 5.41) is 3.82. The molecule has 0 amide bonds. The summed E-state index contributed by atoms with van der Waals surface area (Å²) in [4.78, 5) is 0. The molecule has 5 heteroatoms. The topological polar surface area (TPSA) is 24.4 Å². The Kier molecular flexibility index (Phi) is 6.02. The molecule has 0 aliphatic heterocycles. The molecular weight excluding hydrogens is 229 g/mol. The molecule has 0 spiro atoms. The second-order valence-corrected chi connectivity index (χ2v) is 3.00. The number of benzene rings is 1. The first-order valence-electron chi connectivity index (χ1n) is 4.84. The van der Waals surface area contributed by atoms with E-state index >= 15 is 0 Å². The summed E-state index contributed by atoms with van der Waals surface area (Å²) in [6.45, 7) is 7.64. The fourth-order valence-electron chi connectivity index (χ4n) is 1.15. The zero-order chi connectivity index (χ0) is 13.5. The third kappa shape index (κ3) is 4.72. The second kappa shape index (κ2) is 6.73. The Bertz CT molecular complexity index is 384. The molecule has 0 saturated carbocycles. The van der Waals surface area contributed by atoms with E-state index in [-0.39, 0.29) is 0 Å². The summed E-state index contributed by atoms with van der Waals surface area (Å²) < 4.78 is 37.1. The van der Waals surface area contributed by atoms with Crippen molar-refractivity contribution in [1.29, 1.82) is 0 Å². The van der Waals surface area contributed by atoms with Gasteiger partial charge in [-0.2, -0.15) is 18.3 Å². The van der Waals surface area contributed by atoms with Crippen molar-refractivity contribution in [2.75, 3.05) is 7.05 Å². The van der Waals surface area contributed by atoms with E-state index in [9.17, 15) is 13.2 Å². The number of rotatable bonds is 2. The molecule has 0 atom stereocenters. The van der Waals surface area contributed by atoms with Gasteiger partial charge in [-0.3, -0.25) is 0 Å². The largest absolute Gasteiger partial charge is 0.416 e. The first kappa shape index (κ1) is 15.2. The predicted molar refractivity (Wildman–Crippen MR) is 64.0 cm³/mol. The van der Waals surface area contributed by atoms with Gasteiger partial charge in [-0.1, -0.05) is 12.1 Å². The van der Waals surface area contributed by atoms with Crippen LogP contribution in [-0.4, -0.2) is 12.8 Å². The van der Waals surface area contributed by atoms with Crippen LogP contribution in [0.3, 0.4) is 0 Å². The van der Waals surface area contributed by atoms with Gasteiger partial charge in [0.25, 0.3) is 0 Å². The molecule has 0 radical (unpaired) electrons. The third-order valence-corrected chi connectivity index (χ3v) is 1.89. The van der Waals surface area contributed by atoms with Gasteiger partial charge in [0, 0.05) is 7.05 Å². The SMILES string of the molecule is C=C.CN/N=C(\C)c1cccc(C(F)(F)F)c1. The van der Waals surface area contributed by atoms with Gasteiger partial charge < -0.3 is 5.43 Å². The Morgan fingerprint density at radius 1 is 1.29 bits per heavy atom. The van der Waals surface area contributed by atoms with Crippen molar-refractivity contribution in [3.8, 4) is 0 Å². The molecule has 0 fully saturated rings. The van der Waals surface area contributed by atoms with E-state index in [2.05, 4.69) is 23.7 Å². The average molecular weight is 244 g/mol. The van der Waals surface area contributed by atoms with Crippen molar-refractivity contribution in [2.24, 2.45) is 5.10 Å². The fraction of sp³-hybridized carbons (Fsp3) is 0.250. The number of nitrogens with one attached hydrogen (secondary N) is 1. The lowest BCUT2D eigenvalue weighted by atomic mass is 10.1. The Morgan fingerprint density at radius 3 is 2.35 bits per heavy atom. The van der Waals surface area contributed by atoms with E-state index in [4.69, 9.17) is 0 Å². The van der Waals surface area contributed by atoms with Crippen LogP contribution in [0.2, 0.25) is 0 Å². The Balaban J connectivity index is 0.00000121. The van der Waals surface area contributed by atoms with Crippen molar-refractivity contribution in [3.63, 3.8) is 0 Å². The van der Waals surface area contributed by atoms with Crippen LogP contribution in [0, 0.1) is 0 Å². The summed E-state index contributed by atoms with van der Waals surface area (Å²) in [6, 6.07) is 5.07. The van der Waals surface area contributed by atoms with Crippen LogP contribution in [0.1, 0.15) is 18.1 Å². The number of halogens is 3. The third-order valence-electron chi connectivity index (χ3n) is 1.89. The van der Waals surface area contributed by atoms with Gasteiger partial charge >= 0.3 is 6.18 Å². The Labute approximate surface area is 98.8 Å². The van der Waals surface area contributed by atoms with Crippen molar-refractivity contribution < 1.29 is 13.2 Å². The highest BCUT2D eigenvalue weighted by atomic mass is 19.4. The molecule has 1 N–H and O–H groups in total. The maximum Gasteiger partial charge on any atom is 0.416 e. The van der Waals surface area contributed by atoms with Gasteiger partial charge in [-0.25, -0.2) is 0 Å². The molecule has 0 bridgehead atoms. The molecule has 0 aliphatic rings. The summed E-state index contributed by atoms with van der Waals surface area (Å²) in [6.07, 6.45) is -4.31. The average Bonchev–Trinajstić information content (AvgIpc) is 2.31. The minimum Gasteiger partial charge on any atom is -0.313 e. The van der Waals surface area contributed by atoms with Crippen LogP contribution in [-0.2, 0) is 6.18 Å². The highest BCUT2D eigenvalue weighted by Crippen LogP contribution is 2.29. The fourth-order valence-corrected chi connectivity index (χ4v) is 1.15. The van der Waals surface area contributed by atoms with E-state index in [0.717, 1.165) is 12.1 Å². The smallest absolute Gasteiger partial charge is 0.313 e. The standard InChI is InChI=1S/C10H11F3N2.C2H4/c1-7(15-14-2)8-4-3-5-9(6-8)10(11,12)13;1-2/h3-6,14H,1-2H3;1-2H2/b15-7+;. The molecule has 1 rings (SSSR count).